The van der Waals surface area contributed by atoms with Gasteiger partial charge in [-0.15, -0.1) is 0 Å². The Balaban J connectivity index is 1.56. The van der Waals surface area contributed by atoms with Crippen LogP contribution in [0.4, 0.5) is 5.69 Å². The van der Waals surface area contributed by atoms with Gasteiger partial charge in [-0.1, -0.05) is 23.9 Å². The van der Waals surface area contributed by atoms with Crippen molar-refractivity contribution in [3.63, 3.8) is 0 Å². The minimum atomic E-state index is -0.0790. The Morgan fingerprint density at radius 2 is 1.67 bits per heavy atom. The normalized spacial score (nSPS) is 19.4. The van der Waals surface area contributed by atoms with Gasteiger partial charge in [0.25, 0.3) is 5.91 Å². The van der Waals surface area contributed by atoms with E-state index in [1.807, 2.05) is 48.9 Å². The van der Waals surface area contributed by atoms with Crippen molar-refractivity contribution < 1.29 is 9.53 Å². The van der Waals surface area contributed by atoms with E-state index in [-0.39, 0.29) is 5.91 Å². The predicted molar refractivity (Wildman–Crippen MR) is 115 cm³/mol. The fourth-order valence-electron chi connectivity index (χ4n) is 3.36. The lowest BCUT2D eigenvalue weighted by molar-refractivity contribution is -0.114. The third-order valence-electron chi connectivity index (χ3n) is 4.77. The average Bonchev–Trinajstić information content (AvgIpc) is 3.14. The monoisotopic (exact) mass is 399 g/mol. The summed E-state index contributed by atoms with van der Waals surface area (Å²) >= 11 is 6.82. The number of aryl methyl sites for hydroxylation is 2. The van der Waals surface area contributed by atoms with Crippen molar-refractivity contribution in [2.45, 2.75) is 13.8 Å². The largest absolute Gasteiger partial charge is 0.378 e. The Morgan fingerprint density at radius 3 is 2.30 bits per heavy atom. The molecule has 0 saturated carbocycles. The molecule has 140 valence electrons. The summed E-state index contributed by atoms with van der Waals surface area (Å²) in [4.78, 5) is 15.9. The Hall–Kier alpha value is -2.09. The number of nitrogens with zero attached hydrogens (tertiary/aromatic N) is 3. The summed E-state index contributed by atoms with van der Waals surface area (Å²) < 4.78 is 7.83. The van der Waals surface area contributed by atoms with E-state index in [1.165, 1.54) is 17.4 Å². The van der Waals surface area contributed by atoms with Crippen LogP contribution in [-0.4, -0.2) is 41.2 Å². The van der Waals surface area contributed by atoms with Crippen LogP contribution in [0.5, 0.6) is 0 Å². The molecule has 0 aliphatic carbocycles. The van der Waals surface area contributed by atoms with Crippen LogP contribution < -0.4 is 9.91 Å². The molecule has 2 aliphatic rings. The maximum absolute atomic E-state index is 12.9. The predicted octanol–water partition coefficient (Wildman–Crippen LogP) is 3.48. The molecule has 2 fully saturated rings. The smallest absolute Gasteiger partial charge is 0.285 e. The molecule has 0 N–H and O–H groups in total. The van der Waals surface area contributed by atoms with Crippen LogP contribution in [0.3, 0.4) is 0 Å². The van der Waals surface area contributed by atoms with Gasteiger partial charge < -0.3 is 9.64 Å². The van der Waals surface area contributed by atoms with Crippen molar-refractivity contribution in [3.8, 4) is 0 Å². The number of amides is 1. The zero-order chi connectivity index (χ0) is 19.0. The van der Waals surface area contributed by atoms with Crippen LogP contribution in [0.2, 0.25) is 0 Å². The molecule has 5 nitrogen and oxygen atoms in total. The highest BCUT2D eigenvalue weighted by atomic mass is 32.2. The number of rotatable bonds is 3. The second-order valence-electron chi connectivity index (χ2n) is 6.61. The van der Waals surface area contributed by atoms with E-state index in [0.717, 1.165) is 43.3 Å². The number of thiocarbonyl (C=S) groups is 1. The molecule has 0 unspecified atom stereocenters. The molecule has 1 amide bonds. The maximum Gasteiger partial charge on any atom is 0.285 e. The first-order chi connectivity index (χ1) is 13.0. The Bertz CT molecular complexity index is 892. The van der Waals surface area contributed by atoms with E-state index in [9.17, 15) is 4.79 Å². The summed E-state index contributed by atoms with van der Waals surface area (Å²) in [5, 5.41) is 1.58. The molecule has 27 heavy (non-hydrogen) atoms. The number of aromatic nitrogens is 1. The minimum absolute atomic E-state index is 0.0790. The zero-order valence-corrected chi connectivity index (χ0v) is 17.0. The lowest BCUT2D eigenvalue weighted by Gasteiger charge is -2.28. The third-order valence-corrected chi connectivity index (χ3v) is 6.06. The SMILES string of the molecule is Cc1ccc(C)n1N1C(=O)/C(=C/c2ccc(N3CCOCC3)cc2)SC1=S. The van der Waals surface area contributed by atoms with E-state index in [1.54, 1.807) is 5.01 Å². The molecule has 0 spiro atoms. The van der Waals surface area contributed by atoms with Gasteiger partial charge in [0.2, 0.25) is 0 Å². The standard InChI is InChI=1S/C20H21N3O2S2/c1-14-3-4-15(2)22(14)23-19(24)18(27-20(23)26)13-16-5-7-17(8-6-16)21-9-11-25-12-10-21/h3-8,13H,9-12H2,1-2H3/b18-13-. The van der Waals surface area contributed by atoms with Gasteiger partial charge in [-0.05, 0) is 62.0 Å². The molecule has 0 bridgehead atoms. The fraction of sp³-hybridized carbons (Fsp3) is 0.300. The summed E-state index contributed by atoms with van der Waals surface area (Å²) in [6, 6.07) is 12.3. The molecule has 0 atom stereocenters. The number of hydrogen-bond donors (Lipinski definition) is 0. The molecule has 2 saturated heterocycles. The lowest BCUT2D eigenvalue weighted by atomic mass is 10.1. The van der Waals surface area contributed by atoms with Crippen LogP contribution in [0.1, 0.15) is 17.0 Å². The number of benzene rings is 1. The Kier molecular flexibility index (Phi) is 5.08. The highest BCUT2D eigenvalue weighted by Crippen LogP contribution is 2.33. The number of thioether (sulfide) groups is 1. The van der Waals surface area contributed by atoms with E-state index < -0.39 is 0 Å². The van der Waals surface area contributed by atoms with Gasteiger partial charge >= 0.3 is 0 Å². The Labute approximate surface area is 168 Å². The van der Waals surface area contributed by atoms with E-state index in [2.05, 4.69) is 17.0 Å². The maximum atomic E-state index is 12.9. The summed E-state index contributed by atoms with van der Waals surface area (Å²) in [6.45, 7) is 7.30. The third kappa shape index (κ3) is 3.54. The zero-order valence-electron chi connectivity index (χ0n) is 15.3. The topological polar surface area (TPSA) is 37.7 Å². The van der Waals surface area contributed by atoms with Crippen molar-refractivity contribution in [1.29, 1.82) is 0 Å². The first kappa shape index (κ1) is 18.3. The van der Waals surface area contributed by atoms with Crippen LogP contribution in [-0.2, 0) is 9.53 Å². The molecule has 1 aromatic heterocycles. The van der Waals surface area contributed by atoms with Gasteiger partial charge in [0.15, 0.2) is 4.32 Å². The van der Waals surface area contributed by atoms with Crippen molar-refractivity contribution in [1.82, 2.24) is 4.68 Å². The summed E-state index contributed by atoms with van der Waals surface area (Å²) in [7, 11) is 0. The van der Waals surface area contributed by atoms with Crippen LogP contribution in [0.25, 0.3) is 6.08 Å². The van der Waals surface area contributed by atoms with Crippen LogP contribution in [0.15, 0.2) is 41.3 Å². The second-order valence-corrected chi connectivity index (χ2v) is 8.29. The van der Waals surface area contributed by atoms with Gasteiger partial charge in [-0.25, -0.2) is 0 Å². The molecule has 2 aliphatic heterocycles. The van der Waals surface area contributed by atoms with Gasteiger partial charge in [-0.2, -0.15) is 5.01 Å². The summed E-state index contributed by atoms with van der Waals surface area (Å²) in [5.74, 6) is -0.0790. The number of morpholine rings is 1. The minimum Gasteiger partial charge on any atom is -0.378 e. The number of anilines is 1. The molecular weight excluding hydrogens is 378 g/mol. The second kappa shape index (κ2) is 7.50. The first-order valence-electron chi connectivity index (χ1n) is 8.90. The van der Waals surface area contributed by atoms with Gasteiger partial charge in [-0.3, -0.25) is 9.47 Å². The number of ether oxygens (including phenoxy) is 1. The number of carbonyl (C=O) groups is 1. The van der Waals surface area contributed by atoms with E-state index >= 15 is 0 Å². The molecule has 4 rings (SSSR count). The molecule has 7 heteroatoms. The lowest BCUT2D eigenvalue weighted by Crippen LogP contribution is -2.39. The fourth-order valence-corrected chi connectivity index (χ4v) is 4.60. The van der Waals surface area contributed by atoms with Crippen molar-refractivity contribution in [2.24, 2.45) is 0 Å². The summed E-state index contributed by atoms with van der Waals surface area (Å²) in [5.41, 5.74) is 4.15. The van der Waals surface area contributed by atoms with Gasteiger partial charge in [0, 0.05) is 30.2 Å². The van der Waals surface area contributed by atoms with Crippen LogP contribution >= 0.6 is 24.0 Å². The average molecular weight is 400 g/mol. The number of hydrogen-bond acceptors (Lipinski definition) is 5. The number of carbonyl (C=O) groups excluding carboxylic acids is 1. The van der Waals surface area contributed by atoms with Gasteiger partial charge in [0.05, 0.1) is 18.1 Å². The van der Waals surface area contributed by atoms with Gasteiger partial charge in [0.1, 0.15) is 0 Å². The molecule has 0 radical (unpaired) electrons. The van der Waals surface area contributed by atoms with Crippen LogP contribution in [0, 0.1) is 13.8 Å². The van der Waals surface area contributed by atoms with E-state index in [0.29, 0.717) is 9.23 Å². The van der Waals surface area contributed by atoms with Crippen molar-refractivity contribution >= 4 is 46.0 Å². The van der Waals surface area contributed by atoms with E-state index in [4.69, 9.17) is 17.0 Å². The van der Waals surface area contributed by atoms with Crippen molar-refractivity contribution in [2.75, 3.05) is 36.2 Å². The highest BCUT2D eigenvalue weighted by molar-refractivity contribution is 8.27. The first-order valence-corrected chi connectivity index (χ1v) is 10.1. The molecule has 1 aromatic carbocycles. The molecule has 3 heterocycles. The van der Waals surface area contributed by atoms with Crippen molar-refractivity contribution in [3.05, 3.63) is 58.3 Å². The summed E-state index contributed by atoms with van der Waals surface area (Å²) in [6.07, 6.45) is 1.91. The highest BCUT2D eigenvalue weighted by Gasteiger charge is 2.34. The molecule has 2 aromatic rings. The molecular formula is C20H21N3O2S2. The Morgan fingerprint density at radius 1 is 1.04 bits per heavy atom. The quantitative estimate of drug-likeness (QED) is 0.584.